The van der Waals surface area contributed by atoms with E-state index >= 15 is 0 Å². The molecule has 0 radical (unpaired) electrons. The van der Waals surface area contributed by atoms with Gasteiger partial charge in [-0.1, -0.05) is 24.3 Å². The number of nitrogens with one attached hydrogen (secondary N) is 1. The fourth-order valence-electron chi connectivity index (χ4n) is 3.67. The summed E-state index contributed by atoms with van der Waals surface area (Å²) < 4.78 is 0. The van der Waals surface area contributed by atoms with Crippen molar-refractivity contribution >= 4 is 5.91 Å². The number of hydrogen-bond acceptors (Lipinski definition) is 2. The normalized spacial score (nSPS) is 28.9. The number of hydrogen-bond donors (Lipinski definition) is 2. The number of aliphatic hydroxyl groups is 1. The van der Waals surface area contributed by atoms with Crippen molar-refractivity contribution < 1.29 is 9.90 Å². The summed E-state index contributed by atoms with van der Waals surface area (Å²) in [6.45, 7) is 0.707. The van der Waals surface area contributed by atoms with E-state index in [1.165, 1.54) is 17.5 Å². The molecule has 2 aliphatic carbocycles. The topological polar surface area (TPSA) is 49.3 Å². The van der Waals surface area contributed by atoms with E-state index in [1.54, 1.807) is 0 Å². The van der Waals surface area contributed by atoms with Crippen LogP contribution in [0.15, 0.2) is 24.3 Å². The minimum Gasteiger partial charge on any atom is -0.392 e. The molecule has 1 amide bonds. The molecule has 3 rings (SSSR count). The molecule has 0 spiro atoms. The van der Waals surface area contributed by atoms with E-state index in [0.717, 1.165) is 32.1 Å². The predicted octanol–water partition coefficient (Wildman–Crippen LogP) is 2.38. The molecule has 108 valence electrons. The maximum absolute atomic E-state index is 12.1. The molecule has 2 N–H and O–H groups in total. The van der Waals surface area contributed by atoms with Gasteiger partial charge in [0, 0.05) is 12.5 Å². The lowest BCUT2D eigenvalue weighted by Crippen LogP contribution is -2.37. The van der Waals surface area contributed by atoms with Gasteiger partial charge in [-0.3, -0.25) is 4.79 Å². The lowest BCUT2D eigenvalue weighted by atomic mass is 9.83. The Morgan fingerprint density at radius 3 is 2.85 bits per heavy atom. The van der Waals surface area contributed by atoms with Gasteiger partial charge in [0.1, 0.15) is 0 Å². The Bertz CT molecular complexity index is 486. The van der Waals surface area contributed by atoms with Crippen molar-refractivity contribution in [2.24, 2.45) is 5.92 Å². The van der Waals surface area contributed by atoms with Crippen LogP contribution in [0.3, 0.4) is 0 Å². The van der Waals surface area contributed by atoms with Crippen LogP contribution in [0.1, 0.15) is 49.1 Å². The van der Waals surface area contributed by atoms with Gasteiger partial charge in [0.25, 0.3) is 0 Å². The average Bonchev–Trinajstić information content (AvgIpc) is 2.91. The van der Waals surface area contributed by atoms with E-state index in [0.29, 0.717) is 12.5 Å². The number of aliphatic hydroxyl groups excluding tert-OH is 1. The van der Waals surface area contributed by atoms with Gasteiger partial charge >= 0.3 is 0 Å². The molecule has 3 atom stereocenters. The van der Waals surface area contributed by atoms with E-state index in [4.69, 9.17) is 0 Å². The third-order valence-corrected chi connectivity index (χ3v) is 4.83. The van der Waals surface area contributed by atoms with Crippen molar-refractivity contribution in [2.75, 3.05) is 6.54 Å². The molecule has 1 fully saturated rings. The van der Waals surface area contributed by atoms with Gasteiger partial charge in [-0.15, -0.1) is 0 Å². The summed E-state index contributed by atoms with van der Waals surface area (Å²) >= 11 is 0. The van der Waals surface area contributed by atoms with Crippen molar-refractivity contribution in [3.05, 3.63) is 35.4 Å². The van der Waals surface area contributed by atoms with E-state index in [2.05, 4.69) is 29.6 Å². The summed E-state index contributed by atoms with van der Waals surface area (Å²) in [6.07, 6.45) is 5.62. The first kappa shape index (κ1) is 13.6. The van der Waals surface area contributed by atoms with E-state index in [-0.39, 0.29) is 11.8 Å². The quantitative estimate of drug-likeness (QED) is 0.888. The number of rotatable bonds is 3. The summed E-state index contributed by atoms with van der Waals surface area (Å²) in [6, 6.07) is 8.56. The first-order valence-electron chi connectivity index (χ1n) is 7.79. The van der Waals surface area contributed by atoms with Gasteiger partial charge in [-0.2, -0.15) is 0 Å². The van der Waals surface area contributed by atoms with Crippen molar-refractivity contribution in [3.8, 4) is 0 Å². The molecule has 20 heavy (non-hydrogen) atoms. The van der Waals surface area contributed by atoms with Crippen molar-refractivity contribution in [1.82, 2.24) is 5.32 Å². The monoisotopic (exact) mass is 273 g/mol. The standard InChI is InChI=1S/C17H23NO2/c19-16-10-4-9-15(16)17(20)18-11-13-7-3-6-12-5-1-2-8-14(12)13/h1-2,5,8,13,15-16,19H,3-4,6-7,9-11H2,(H,18,20). The Balaban J connectivity index is 1.60. The summed E-state index contributed by atoms with van der Waals surface area (Å²) in [5.74, 6) is 0.286. The molecule has 2 aliphatic rings. The third-order valence-electron chi connectivity index (χ3n) is 4.83. The number of benzene rings is 1. The highest BCUT2D eigenvalue weighted by atomic mass is 16.3. The fraction of sp³-hybridized carbons (Fsp3) is 0.588. The zero-order valence-corrected chi connectivity index (χ0v) is 11.8. The molecule has 3 heteroatoms. The molecule has 0 saturated heterocycles. The lowest BCUT2D eigenvalue weighted by Gasteiger charge is -2.26. The molecule has 0 bridgehead atoms. The molecular formula is C17H23NO2. The van der Waals surface area contributed by atoms with Gasteiger partial charge in [0.05, 0.1) is 12.0 Å². The van der Waals surface area contributed by atoms with Gasteiger partial charge < -0.3 is 10.4 Å². The number of aryl methyl sites for hydroxylation is 1. The van der Waals surface area contributed by atoms with Crippen LogP contribution in [0.5, 0.6) is 0 Å². The number of fused-ring (bicyclic) bond motifs is 1. The molecule has 3 nitrogen and oxygen atoms in total. The predicted molar refractivity (Wildman–Crippen MR) is 78.5 cm³/mol. The highest BCUT2D eigenvalue weighted by Crippen LogP contribution is 2.31. The average molecular weight is 273 g/mol. The van der Waals surface area contributed by atoms with Crippen molar-refractivity contribution in [1.29, 1.82) is 0 Å². The van der Waals surface area contributed by atoms with Gasteiger partial charge in [0.15, 0.2) is 0 Å². The second-order valence-electron chi connectivity index (χ2n) is 6.14. The second-order valence-corrected chi connectivity index (χ2v) is 6.14. The Hall–Kier alpha value is -1.35. The van der Waals surface area contributed by atoms with Crippen LogP contribution in [-0.4, -0.2) is 23.7 Å². The third kappa shape index (κ3) is 2.73. The van der Waals surface area contributed by atoms with Crippen LogP contribution in [0.4, 0.5) is 0 Å². The largest absolute Gasteiger partial charge is 0.392 e. The summed E-state index contributed by atoms with van der Waals surface area (Å²) in [4.78, 5) is 12.1. The molecule has 0 aromatic heterocycles. The van der Waals surface area contributed by atoms with Gasteiger partial charge in [-0.05, 0) is 49.7 Å². The SMILES string of the molecule is O=C(NCC1CCCc2ccccc21)C1CCCC1O. The minimum atomic E-state index is -0.436. The highest BCUT2D eigenvalue weighted by molar-refractivity contribution is 5.79. The first-order chi connectivity index (χ1) is 9.75. The zero-order chi connectivity index (χ0) is 13.9. The van der Waals surface area contributed by atoms with E-state index in [9.17, 15) is 9.90 Å². The minimum absolute atomic E-state index is 0.0399. The van der Waals surface area contributed by atoms with Crippen LogP contribution in [0.25, 0.3) is 0 Å². The number of amides is 1. The smallest absolute Gasteiger partial charge is 0.225 e. The Labute approximate surface area is 120 Å². The number of carbonyl (C=O) groups excluding carboxylic acids is 1. The molecule has 1 aromatic rings. The number of carbonyl (C=O) groups is 1. The summed E-state index contributed by atoms with van der Waals surface area (Å²) in [7, 11) is 0. The molecule has 3 unspecified atom stereocenters. The van der Waals surface area contributed by atoms with Crippen molar-refractivity contribution in [3.63, 3.8) is 0 Å². The molecule has 1 aromatic carbocycles. The molecule has 0 aliphatic heterocycles. The van der Waals surface area contributed by atoms with Crippen LogP contribution < -0.4 is 5.32 Å². The molecule has 1 saturated carbocycles. The Morgan fingerprint density at radius 2 is 2.05 bits per heavy atom. The Morgan fingerprint density at radius 1 is 1.20 bits per heavy atom. The van der Waals surface area contributed by atoms with Crippen molar-refractivity contribution in [2.45, 2.75) is 50.5 Å². The maximum Gasteiger partial charge on any atom is 0.225 e. The fourth-order valence-corrected chi connectivity index (χ4v) is 3.67. The molecular weight excluding hydrogens is 250 g/mol. The summed E-state index contributed by atoms with van der Waals surface area (Å²) in [5, 5.41) is 12.9. The van der Waals surface area contributed by atoms with E-state index < -0.39 is 6.10 Å². The first-order valence-corrected chi connectivity index (χ1v) is 7.79. The highest BCUT2D eigenvalue weighted by Gasteiger charge is 2.31. The van der Waals surface area contributed by atoms with Gasteiger partial charge in [0.2, 0.25) is 5.91 Å². The zero-order valence-electron chi connectivity index (χ0n) is 11.8. The maximum atomic E-state index is 12.1. The molecule has 0 heterocycles. The van der Waals surface area contributed by atoms with Crippen LogP contribution in [-0.2, 0) is 11.2 Å². The summed E-state index contributed by atoms with van der Waals surface area (Å²) in [5.41, 5.74) is 2.82. The second kappa shape index (κ2) is 5.96. The van der Waals surface area contributed by atoms with E-state index in [1.807, 2.05) is 0 Å². The van der Waals surface area contributed by atoms with Gasteiger partial charge in [-0.25, -0.2) is 0 Å². The van der Waals surface area contributed by atoms with Crippen LogP contribution in [0.2, 0.25) is 0 Å². The Kier molecular flexibility index (Phi) is 4.06. The lowest BCUT2D eigenvalue weighted by molar-refractivity contribution is -0.127. The van der Waals surface area contributed by atoms with Crippen LogP contribution >= 0.6 is 0 Å². The van der Waals surface area contributed by atoms with Crippen LogP contribution in [0, 0.1) is 5.92 Å².